The second-order valence-corrected chi connectivity index (χ2v) is 9.97. The summed E-state index contributed by atoms with van der Waals surface area (Å²) in [6.07, 6.45) is 0. The maximum absolute atomic E-state index is 13.4. The van der Waals surface area contributed by atoms with Gasteiger partial charge < -0.3 is 15.2 Å². The van der Waals surface area contributed by atoms with Crippen LogP contribution >= 0.6 is 23.2 Å². The Balaban J connectivity index is 0.00000400. The third kappa shape index (κ3) is 5.97. The molecule has 0 unspecified atom stereocenters. The Hall–Kier alpha value is -2.70. The van der Waals surface area contributed by atoms with Gasteiger partial charge in [-0.25, -0.2) is 0 Å². The van der Waals surface area contributed by atoms with Crippen LogP contribution in [0.3, 0.4) is 0 Å². The molecule has 0 fully saturated rings. The number of hydrogen-bond acceptors (Lipinski definition) is 7. The maximum Gasteiger partial charge on any atom is 1.00 e. The fourth-order valence-corrected chi connectivity index (χ4v) is 4.90. The molecule has 0 spiro atoms. The number of benzene rings is 4. The fourth-order valence-electron chi connectivity index (χ4n) is 3.62. The summed E-state index contributed by atoms with van der Waals surface area (Å²) in [7, 11) is -3.12. The minimum atomic E-state index is -4.54. The van der Waals surface area contributed by atoms with Gasteiger partial charge in [-0.15, -0.1) is 0 Å². The smallest absolute Gasteiger partial charge is 0.870 e. The molecule has 9 nitrogen and oxygen atoms in total. The minimum Gasteiger partial charge on any atom is -0.870 e. The fraction of sp³-hybridized carbons (Fsp3) is 0.0800. The Morgan fingerprint density at radius 3 is 2.45 bits per heavy atom. The Labute approximate surface area is 250 Å². The van der Waals surface area contributed by atoms with Crippen molar-refractivity contribution in [1.29, 1.82) is 0 Å². The first-order valence-corrected chi connectivity index (χ1v) is 12.8. The molecule has 190 valence electrons. The van der Waals surface area contributed by atoms with Crippen molar-refractivity contribution in [3.8, 4) is 11.5 Å². The summed E-state index contributed by atoms with van der Waals surface area (Å²) in [5.74, 6) is -1.10. The molecule has 0 heterocycles. The standard InChI is InChI=1S/C25H19Cl2N3O6S.Na/c1-13-18(10-11-20(21(13)27)37(33,34)35)29-30-22-15-7-4-3-6-14(15)12-16(24(22)31)25(32)28-23-17(26)8-5-9-19(23)36-2;/h3-12,31H,1-2H3,(H,28,32)(H,33,34,35);/q;+1/p-1. The molecule has 4 rings (SSSR count). The third-order valence-corrected chi connectivity index (χ3v) is 7.32. The van der Waals surface area contributed by atoms with Crippen molar-refractivity contribution < 1.29 is 57.2 Å². The van der Waals surface area contributed by atoms with Crippen molar-refractivity contribution in [2.45, 2.75) is 11.8 Å². The SMILES string of the molecule is COc1cccc(Cl)c1NC(=O)c1cc2ccccc2c(N=Nc2ccc(S(=O)(=O)O)c(Cl)c2C)c1[O-].[Na+]. The first kappa shape index (κ1) is 29.9. The summed E-state index contributed by atoms with van der Waals surface area (Å²) in [5, 5.41) is 25.2. The van der Waals surface area contributed by atoms with E-state index in [1.165, 1.54) is 26.2 Å². The van der Waals surface area contributed by atoms with E-state index in [1.807, 2.05) is 0 Å². The Kier molecular flexibility index (Phi) is 9.43. The third-order valence-electron chi connectivity index (χ3n) is 5.51. The van der Waals surface area contributed by atoms with E-state index >= 15 is 0 Å². The zero-order valence-corrected chi connectivity index (χ0v) is 24.6. The van der Waals surface area contributed by atoms with Crippen LogP contribution in [0.2, 0.25) is 10.0 Å². The Bertz CT molecular complexity index is 1700. The number of amides is 1. The summed E-state index contributed by atoms with van der Waals surface area (Å²) in [6, 6.07) is 15.5. The number of methoxy groups -OCH3 is 1. The molecule has 1 amide bonds. The van der Waals surface area contributed by atoms with Gasteiger partial charge in [0.15, 0.2) is 0 Å². The van der Waals surface area contributed by atoms with Crippen LogP contribution < -0.4 is 44.7 Å². The molecule has 0 radical (unpaired) electrons. The van der Waals surface area contributed by atoms with Gasteiger partial charge in [0.25, 0.3) is 16.0 Å². The average Bonchev–Trinajstić information content (AvgIpc) is 2.85. The molecule has 13 heteroatoms. The second-order valence-electron chi connectivity index (χ2n) is 7.79. The number of nitrogens with zero attached hydrogens (tertiary/aromatic N) is 2. The zero-order valence-electron chi connectivity index (χ0n) is 20.3. The molecule has 2 N–H and O–H groups in total. The molecule has 0 saturated carbocycles. The molecule has 0 aliphatic carbocycles. The molecule has 0 aliphatic heterocycles. The van der Waals surface area contributed by atoms with Crippen molar-refractivity contribution in [3.63, 3.8) is 0 Å². The van der Waals surface area contributed by atoms with Gasteiger partial charge in [0, 0.05) is 10.9 Å². The van der Waals surface area contributed by atoms with E-state index in [2.05, 4.69) is 15.5 Å². The zero-order chi connectivity index (χ0) is 26.9. The Morgan fingerprint density at radius 1 is 1.05 bits per heavy atom. The summed E-state index contributed by atoms with van der Waals surface area (Å²) in [4.78, 5) is 12.7. The summed E-state index contributed by atoms with van der Waals surface area (Å²) >= 11 is 12.3. The van der Waals surface area contributed by atoms with E-state index in [4.69, 9.17) is 27.9 Å². The molecule has 4 aromatic carbocycles. The number of carbonyl (C=O) groups is 1. The van der Waals surface area contributed by atoms with Crippen LogP contribution in [0, 0.1) is 6.92 Å². The number of ether oxygens (including phenoxy) is 1. The van der Waals surface area contributed by atoms with Crippen molar-refractivity contribution >= 4 is 67.1 Å². The average molecular weight is 582 g/mol. The quantitative estimate of drug-likeness (QED) is 0.203. The first-order valence-electron chi connectivity index (χ1n) is 10.6. The van der Waals surface area contributed by atoms with Crippen molar-refractivity contribution in [2.75, 3.05) is 12.4 Å². The summed E-state index contributed by atoms with van der Waals surface area (Å²) in [5.41, 5.74) is 0.278. The van der Waals surface area contributed by atoms with Crippen LogP contribution in [0.15, 0.2) is 75.8 Å². The number of fused-ring (bicyclic) bond motifs is 1. The molecule has 0 bridgehead atoms. The number of nitrogens with one attached hydrogen (secondary N) is 1. The molecule has 0 atom stereocenters. The van der Waals surface area contributed by atoms with Crippen molar-refractivity contribution in [2.24, 2.45) is 10.2 Å². The number of halogens is 2. The predicted molar refractivity (Wildman–Crippen MR) is 140 cm³/mol. The largest absolute Gasteiger partial charge is 1.00 e. The molecule has 0 aromatic heterocycles. The normalized spacial score (nSPS) is 11.4. The van der Waals surface area contributed by atoms with E-state index in [1.54, 1.807) is 42.5 Å². The van der Waals surface area contributed by atoms with E-state index < -0.39 is 26.7 Å². The summed E-state index contributed by atoms with van der Waals surface area (Å²) in [6.45, 7) is 1.49. The maximum atomic E-state index is 13.4. The number of azo groups is 1. The second kappa shape index (κ2) is 12.0. The number of carbonyl (C=O) groups excluding carboxylic acids is 1. The van der Waals surface area contributed by atoms with Crippen molar-refractivity contribution in [1.82, 2.24) is 0 Å². The van der Waals surface area contributed by atoms with E-state index in [0.29, 0.717) is 16.5 Å². The molecule has 0 saturated heterocycles. The van der Waals surface area contributed by atoms with Gasteiger partial charge in [0.05, 0.1) is 28.5 Å². The molecular formula is C25H18Cl2N3NaO6S. The summed E-state index contributed by atoms with van der Waals surface area (Å²) < 4.78 is 37.6. The van der Waals surface area contributed by atoms with Crippen LogP contribution in [-0.4, -0.2) is 26.0 Å². The first-order chi connectivity index (χ1) is 17.5. The van der Waals surface area contributed by atoms with Gasteiger partial charge in [0.1, 0.15) is 16.3 Å². The number of anilines is 1. The molecule has 38 heavy (non-hydrogen) atoms. The van der Waals surface area contributed by atoms with Crippen LogP contribution in [0.1, 0.15) is 15.9 Å². The van der Waals surface area contributed by atoms with Crippen molar-refractivity contribution in [3.05, 3.63) is 81.8 Å². The number of para-hydroxylation sites is 1. The van der Waals surface area contributed by atoms with Gasteiger partial charge in [0.2, 0.25) is 0 Å². The van der Waals surface area contributed by atoms with Gasteiger partial charge in [-0.2, -0.15) is 18.6 Å². The topological polar surface area (TPSA) is 140 Å². The van der Waals surface area contributed by atoms with E-state index in [-0.39, 0.29) is 67.8 Å². The molecular weight excluding hydrogens is 564 g/mol. The van der Waals surface area contributed by atoms with E-state index in [9.17, 15) is 22.9 Å². The van der Waals surface area contributed by atoms with Gasteiger partial charge in [-0.3, -0.25) is 9.35 Å². The Morgan fingerprint density at radius 2 is 1.76 bits per heavy atom. The van der Waals surface area contributed by atoms with Gasteiger partial charge in [-0.1, -0.05) is 59.3 Å². The van der Waals surface area contributed by atoms with Crippen LogP contribution in [-0.2, 0) is 10.1 Å². The van der Waals surface area contributed by atoms with Crippen LogP contribution in [0.5, 0.6) is 11.5 Å². The van der Waals surface area contributed by atoms with Gasteiger partial charge >= 0.3 is 29.6 Å². The molecule has 4 aromatic rings. The van der Waals surface area contributed by atoms with Crippen LogP contribution in [0.25, 0.3) is 10.8 Å². The number of rotatable bonds is 6. The molecule has 0 aliphatic rings. The van der Waals surface area contributed by atoms with Crippen LogP contribution in [0.4, 0.5) is 17.1 Å². The predicted octanol–water partition coefficient (Wildman–Crippen LogP) is 3.46. The monoisotopic (exact) mass is 581 g/mol. The number of hydrogen-bond donors (Lipinski definition) is 2. The van der Waals surface area contributed by atoms with E-state index in [0.717, 1.165) is 6.07 Å². The van der Waals surface area contributed by atoms with Gasteiger partial charge in [-0.05, 0) is 48.2 Å². The minimum absolute atomic E-state index is 0.